The van der Waals surface area contributed by atoms with Crippen LogP contribution in [0.1, 0.15) is 25.8 Å². The van der Waals surface area contributed by atoms with Crippen LogP contribution < -0.4 is 10.6 Å². The maximum absolute atomic E-state index is 13.1. The fourth-order valence-electron chi connectivity index (χ4n) is 1.82. The van der Waals surface area contributed by atoms with Gasteiger partial charge in [-0.1, -0.05) is 26.0 Å². The largest absolute Gasteiger partial charge is 0.338 e. The van der Waals surface area contributed by atoms with Gasteiger partial charge in [0, 0.05) is 13.1 Å². The van der Waals surface area contributed by atoms with Crippen LogP contribution in [0.15, 0.2) is 24.3 Å². The highest BCUT2D eigenvalue weighted by Crippen LogP contribution is 2.06. The van der Waals surface area contributed by atoms with Crippen molar-refractivity contribution in [2.24, 2.45) is 0 Å². The molecule has 0 aliphatic heterocycles. The van der Waals surface area contributed by atoms with Crippen LogP contribution in [-0.2, 0) is 11.3 Å². The first kappa shape index (κ1) is 17.1. The van der Waals surface area contributed by atoms with Crippen molar-refractivity contribution in [2.75, 3.05) is 19.6 Å². The van der Waals surface area contributed by atoms with Gasteiger partial charge in [-0.25, -0.2) is 9.18 Å². The van der Waals surface area contributed by atoms with E-state index in [0.717, 1.165) is 12.0 Å². The summed E-state index contributed by atoms with van der Waals surface area (Å²) in [5.74, 6) is -0.672. The molecule has 0 aliphatic rings. The van der Waals surface area contributed by atoms with Gasteiger partial charge in [-0.05, 0) is 30.7 Å². The maximum Gasteiger partial charge on any atom is 0.321 e. The van der Waals surface area contributed by atoms with Crippen molar-refractivity contribution in [1.29, 1.82) is 0 Å². The van der Waals surface area contributed by atoms with Crippen molar-refractivity contribution >= 4 is 11.9 Å². The minimum atomic E-state index is -0.483. The Hall–Kier alpha value is -1.95. The maximum atomic E-state index is 13.1. The van der Waals surface area contributed by atoms with Crippen LogP contribution in [-0.4, -0.2) is 36.5 Å². The van der Waals surface area contributed by atoms with E-state index in [2.05, 4.69) is 10.6 Å². The van der Waals surface area contributed by atoms with Crippen LogP contribution in [0, 0.1) is 5.82 Å². The van der Waals surface area contributed by atoms with Crippen LogP contribution in [0.25, 0.3) is 0 Å². The molecule has 6 heteroatoms. The number of urea groups is 1. The Morgan fingerprint density at radius 3 is 2.67 bits per heavy atom. The minimum absolute atomic E-state index is 0.0898. The number of benzene rings is 1. The monoisotopic (exact) mass is 295 g/mol. The average molecular weight is 295 g/mol. The summed E-state index contributed by atoms with van der Waals surface area (Å²) in [4.78, 5) is 25.0. The van der Waals surface area contributed by atoms with Crippen LogP contribution in [0.5, 0.6) is 0 Å². The smallest absolute Gasteiger partial charge is 0.321 e. The molecule has 2 N–H and O–H groups in total. The third-order valence-electron chi connectivity index (χ3n) is 2.90. The van der Waals surface area contributed by atoms with Gasteiger partial charge in [-0.3, -0.25) is 15.0 Å². The number of nitrogens with zero attached hydrogens (tertiary/aromatic N) is 1. The molecular weight excluding hydrogens is 273 g/mol. The third kappa shape index (κ3) is 6.85. The molecule has 0 spiro atoms. The summed E-state index contributed by atoms with van der Waals surface area (Å²) in [5.41, 5.74) is 0.792. The Kier molecular flexibility index (Phi) is 7.39. The number of rotatable bonds is 7. The zero-order chi connectivity index (χ0) is 15.7. The van der Waals surface area contributed by atoms with Gasteiger partial charge in [-0.2, -0.15) is 0 Å². The van der Waals surface area contributed by atoms with Crippen molar-refractivity contribution in [3.05, 3.63) is 35.6 Å². The minimum Gasteiger partial charge on any atom is -0.338 e. The number of imide groups is 1. The highest BCUT2D eigenvalue weighted by Gasteiger charge is 2.12. The molecule has 0 fully saturated rings. The molecule has 1 rings (SSSR count). The van der Waals surface area contributed by atoms with E-state index in [1.807, 2.05) is 18.7 Å². The Morgan fingerprint density at radius 2 is 2.05 bits per heavy atom. The van der Waals surface area contributed by atoms with Crippen molar-refractivity contribution in [3.8, 4) is 0 Å². The number of hydrogen-bond acceptors (Lipinski definition) is 3. The SMILES string of the molecule is CCCNC(=O)NC(=O)CN(CC)Cc1cccc(F)c1. The molecule has 0 bridgehead atoms. The quantitative estimate of drug-likeness (QED) is 0.807. The molecular formula is C15H22FN3O2. The van der Waals surface area contributed by atoms with Gasteiger partial charge in [-0.15, -0.1) is 0 Å². The number of carbonyl (C=O) groups is 2. The van der Waals surface area contributed by atoms with Crippen LogP contribution in [0.4, 0.5) is 9.18 Å². The molecule has 1 aromatic carbocycles. The van der Waals surface area contributed by atoms with Crippen molar-refractivity contribution < 1.29 is 14.0 Å². The van der Waals surface area contributed by atoms with Gasteiger partial charge in [0.2, 0.25) is 5.91 Å². The molecule has 0 aromatic heterocycles. The lowest BCUT2D eigenvalue weighted by Crippen LogP contribution is -2.44. The molecule has 0 saturated heterocycles. The van der Waals surface area contributed by atoms with Crippen molar-refractivity contribution in [1.82, 2.24) is 15.5 Å². The third-order valence-corrected chi connectivity index (χ3v) is 2.90. The Bertz CT molecular complexity index is 480. The van der Waals surface area contributed by atoms with E-state index in [-0.39, 0.29) is 18.3 Å². The second-order valence-corrected chi connectivity index (χ2v) is 4.74. The van der Waals surface area contributed by atoms with Crippen molar-refractivity contribution in [3.63, 3.8) is 0 Å². The van der Waals surface area contributed by atoms with Gasteiger partial charge >= 0.3 is 6.03 Å². The first-order chi connectivity index (χ1) is 10.0. The topological polar surface area (TPSA) is 61.4 Å². The molecule has 116 valence electrons. The van der Waals surface area contributed by atoms with E-state index in [1.165, 1.54) is 12.1 Å². The molecule has 0 saturated carbocycles. The summed E-state index contributed by atoms with van der Waals surface area (Å²) in [6.45, 7) is 5.54. The molecule has 0 heterocycles. The molecule has 0 radical (unpaired) electrons. The van der Waals surface area contributed by atoms with Crippen LogP contribution in [0.2, 0.25) is 0 Å². The fourth-order valence-corrected chi connectivity index (χ4v) is 1.82. The standard InChI is InChI=1S/C15H22FN3O2/c1-3-8-17-15(21)18-14(20)11-19(4-2)10-12-6-5-7-13(16)9-12/h5-7,9H,3-4,8,10-11H2,1-2H3,(H2,17,18,20,21). The first-order valence-electron chi connectivity index (χ1n) is 7.09. The average Bonchev–Trinajstić information content (AvgIpc) is 2.44. The Labute approximate surface area is 124 Å². The van der Waals surface area contributed by atoms with Gasteiger partial charge in [0.05, 0.1) is 6.54 Å². The van der Waals surface area contributed by atoms with Gasteiger partial charge in [0.15, 0.2) is 0 Å². The molecule has 0 atom stereocenters. The van der Waals surface area contributed by atoms with E-state index < -0.39 is 6.03 Å². The van der Waals surface area contributed by atoms with Crippen molar-refractivity contribution in [2.45, 2.75) is 26.8 Å². The predicted octanol–water partition coefficient (Wildman–Crippen LogP) is 1.88. The number of hydrogen-bond donors (Lipinski definition) is 2. The summed E-state index contributed by atoms with van der Waals surface area (Å²) < 4.78 is 13.1. The van der Waals surface area contributed by atoms with E-state index >= 15 is 0 Å². The lowest BCUT2D eigenvalue weighted by molar-refractivity contribution is -0.121. The van der Waals surface area contributed by atoms with Crippen LogP contribution >= 0.6 is 0 Å². The van der Waals surface area contributed by atoms with E-state index in [4.69, 9.17) is 0 Å². The number of carbonyl (C=O) groups excluding carboxylic acids is 2. The summed E-state index contributed by atoms with van der Waals surface area (Å²) in [7, 11) is 0. The van der Waals surface area contributed by atoms with Crippen LogP contribution in [0.3, 0.4) is 0 Å². The number of likely N-dealkylation sites (N-methyl/N-ethyl adjacent to an activating group) is 1. The second kappa shape index (κ2) is 9.07. The summed E-state index contributed by atoms with van der Waals surface area (Å²) in [5, 5.41) is 4.84. The Morgan fingerprint density at radius 1 is 1.29 bits per heavy atom. The summed E-state index contributed by atoms with van der Waals surface area (Å²) in [6.07, 6.45) is 0.808. The normalized spacial score (nSPS) is 10.5. The second-order valence-electron chi connectivity index (χ2n) is 4.74. The number of amides is 3. The molecule has 21 heavy (non-hydrogen) atoms. The molecule has 5 nitrogen and oxygen atoms in total. The summed E-state index contributed by atoms with van der Waals surface area (Å²) in [6, 6.07) is 5.77. The molecule has 1 aromatic rings. The van der Waals surface area contributed by atoms with Gasteiger partial charge in [0.1, 0.15) is 5.82 Å². The summed E-state index contributed by atoms with van der Waals surface area (Å²) >= 11 is 0. The lowest BCUT2D eigenvalue weighted by atomic mass is 10.2. The number of halogens is 1. The van der Waals surface area contributed by atoms with E-state index in [9.17, 15) is 14.0 Å². The Balaban J connectivity index is 2.46. The first-order valence-corrected chi connectivity index (χ1v) is 7.09. The molecule has 0 aliphatic carbocycles. The lowest BCUT2D eigenvalue weighted by Gasteiger charge is -2.19. The molecule has 3 amide bonds. The van der Waals surface area contributed by atoms with E-state index in [1.54, 1.807) is 12.1 Å². The van der Waals surface area contributed by atoms with Gasteiger partial charge < -0.3 is 5.32 Å². The molecule has 0 unspecified atom stereocenters. The zero-order valence-electron chi connectivity index (χ0n) is 12.5. The number of nitrogens with one attached hydrogen (secondary N) is 2. The fraction of sp³-hybridized carbons (Fsp3) is 0.467. The highest BCUT2D eigenvalue weighted by molar-refractivity contribution is 5.95. The highest BCUT2D eigenvalue weighted by atomic mass is 19.1. The zero-order valence-corrected chi connectivity index (χ0v) is 12.5. The van der Waals surface area contributed by atoms with Gasteiger partial charge in [0.25, 0.3) is 0 Å². The predicted molar refractivity (Wildman–Crippen MR) is 79.2 cm³/mol. The van der Waals surface area contributed by atoms with E-state index in [0.29, 0.717) is 19.6 Å².